The highest BCUT2D eigenvalue weighted by atomic mass is 32.2. The van der Waals surface area contributed by atoms with Crippen LogP contribution in [0.5, 0.6) is 0 Å². The van der Waals surface area contributed by atoms with Gasteiger partial charge in [0.05, 0.1) is 6.04 Å². The van der Waals surface area contributed by atoms with Gasteiger partial charge in [-0.3, -0.25) is 4.79 Å². The van der Waals surface area contributed by atoms with E-state index < -0.39 is 22.0 Å². The van der Waals surface area contributed by atoms with E-state index in [0.29, 0.717) is 11.7 Å². The molecule has 1 aromatic carbocycles. The molecule has 8 nitrogen and oxygen atoms in total. The fourth-order valence-electron chi connectivity index (χ4n) is 3.04. The van der Waals surface area contributed by atoms with Crippen molar-refractivity contribution in [1.82, 2.24) is 9.88 Å². The molecule has 154 valence electrons. The fourth-order valence-corrected chi connectivity index (χ4v) is 4.57. The van der Waals surface area contributed by atoms with E-state index >= 15 is 0 Å². The zero-order valence-corrected chi connectivity index (χ0v) is 17.9. The van der Waals surface area contributed by atoms with Crippen LogP contribution in [0.4, 0.5) is 11.4 Å². The van der Waals surface area contributed by atoms with Crippen LogP contribution in [0.25, 0.3) is 0 Å². The molecule has 1 atom stereocenters. The number of sulfonamides is 1. The van der Waals surface area contributed by atoms with Gasteiger partial charge in [0.25, 0.3) is 0 Å². The summed E-state index contributed by atoms with van der Waals surface area (Å²) in [4.78, 5) is 14.6. The summed E-state index contributed by atoms with van der Waals surface area (Å²) in [5.74, 6) is -0.280. The summed E-state index contributed by atoms with van der Waals surface area (Å²) in [6.45, 7) is 11.7. The van der Waals surface area contributed by atoms with Crippen LogP contribution in [-0.4, -0.2) is 38.1 Å². The largest absolute Gasteiger partial charge is 0.369 e. The molecule has 9 heteroatoms. The molecule has 1 aromatic heterocycles. The minimum absolute atomic E-state index is 0.0372. The predicted molar refractivity (Wildman–Crippen MR) is 109 cm³/mol. The van der Waals surface area contributed by atoms with E-state index in [-0.39, 0.29) is 16.3 Å². The van der Waals surface area contributed by atoms with Crippen molar-refractivity contribution in [2.24, 2.45) is 0 Å². The highest BCUT2D eigenvalue weighted by molar-refractivity contribution is 7.89. The molecule has 0 aliphatic carbocycles. The van der Waals surface area contributed by atoms with Gasteiger partial charge in [-0.15, -0.1) is 0 Å². The number of carbonyl (C=O) groups excluding carboxylic acids is 1. The number of aromatic nitrogens is 1. The van der Waals surface area contributed by atoms with E-state index in [9.17, 15) is 13.2 Å². The first-order valence-corrected chi connectivity index (χ1v) is 10.7. The molecule has 0 unspecified atom stereocenters. The Morgan fingerprint density at radius 3 is 2.25 bits per heavy atom. The Labute approximate surface area is 166 Å². The van der Waals surface area contributed by atoms with Crippen molar-refractivity contribution in [2.75, 3.05) is 16.8 Å². The summed E-state index contributed by atoms with van der Waals surface area (Å²) in [6.07, 6.45) is 0. The number of carbonyl (C=O) groups is 1. The van der Waals surface area contributed by atoms with Crippen LogP contribution in [0, 0.1) is 13.8 Å². The second kappa shape index (κ2) is 8.74. The first kappa shape index (κ1) is 21.9. The van der Waals surface area contributed by atoms with Gasteiger partial charge in [0, 0.05) is 24.0 Å². The maximum absolute atomic E-state index is 12.5. The third kappa shape index (κ3) is 4.90. The maximum atomic E-state index is 12.5. The van der Waals surface area contributed by atoms with Crippen molar-refractivity contribution in [3.05, 3.63) is 35.7 Å². The number of nitrogens with zero attached hydrogens (tertiary/aromatic N) is 2. The van der Waals surface area contributed by atoms with Gasteiger partial charge in [-0.05, 0) is 65.8 Å². The Hall–Kier alpha value is -2.39. The number of amides is 1. The molecular weight excluding hydrogens is 380 g/mol. The highest BCUT2D eigenvalue weighted by Gasteiger charge is 2.28. The number of rotatable bonds is 8. The molecule has 0 saturated heterocycles. The average molecular weight is 409 g/mol. The molecule has 0 saturated carbocycles. The molecule has 1 heterocycles. The van der Waals surface area contributed by atoms with Crippen molar-refractivity contribution < 1.29 is 17.7 Å². The number of anilines is 2. The standard InChI is InChI=1S/C19H28N4O4S/c1-7-23(12(2)3)17-10-8-16(9-11-17)20-19(24)14(5)22-28(25,26)18-13(4)21-27-15(18)6/h8-12,14,22H,7H2,1-6H3,(H,20,24)/t14-/m0/s1. The molecule has 1 amide bonds. The number of aryl methyl sites for hydroxylation is 2. The van der Waals surface area contributed by atoms with Crippen LogP contribution in [0.1, 0.15) is 39.1 Å². The summed E-state index contributed by atoms with van der Waals surface area (Å²) in [7, 11) is -3.92. The molecule has 2 aromatic rings. The van der Waals surface area contributed by atoms with Crippen LogP contribution in [0.15, 0.2) is 33.7 Å². The monoisotopic (exact) mass is 408 g/mol. The van der Waals surface area contributed by atoms with E-state index in [2.05, 4.69) is 40.9 Å². The minimum Gasteiger partial charge on any atom is -0.369 e. The molecular formula is C19H28N4O4S. The highest BCUT2D eigenvalue weighted by Crippen LogP contribution is 2.21. The first-order chi connectivity index (χ1) is 13.1. The van der Waals surface area contributed by atoms with Crippen LogP contribution in [0.2, 0.25) is 0 Å². The Kier molecular flexibility index (Phi) is 6.84. The summed E-state index contributed by atoms with van der Waals surface area (Å²) in [5.41, 5.74) is 1.90. The van der Waals surface area contributed by atoms with Crippen molar-refractivity contribution in [2.45, 2.75) is 58.5 Å². The zero-order chi connectivity index (χ0) is 21.1. The van der Waals surface area contributed by atoms with Gasteiger partial charge in [-0.2, -0.15) is 4.72 Å². The van der Waals surface area contributed by atoms with Crippen molar-refractivity contribution in [3.8, 4) is 0 Å². The van der Waals surface area contributed by atoms with Gasteiger partial charge >= 0.3 is 0 Å². The topological polar surface area (TPSA) is 105 Å². The van der Waals surface area contributed by atoms with Gasteiger partial charge in [0.2, 0.25) is 15.9 Å². The lowest BCUT2D eigenvalue weighted by molar-refractivity contribution is -0.117. The van der Waals surface area contributed by atoms with Crippen molar-refractivity contribution in [3.63, 3.8) is 0 Å². The smallest absolute Gasteiger partial charge is 0.246 e. The Morgan fingerprint density at radius 2 is 1.79 bits per heavy atom. The average Bonchev–Trinajstić information content (AvgIpc) is 2.95. The van der Waals surface area contributed by atoms with Crippen molar-refractivity contribution in [1.29, 1.82) is 0 Å². The van der Waals surface area contributed by atoms with E-state index in [4.69, 9.17) is 4.52 Å². The lowest BCUT2D eigenvalue weighted by atomic mass is 10.2. The quantitative estimate of drug-likeness (QED) is 0.696. The number of benzene rings is 1. The van der Waals surface area contributed by atoms with Gasteiger partial charge in [-0.25, -0.2) is 8.42 Å². The second-order valence-electron chi connectivity index (χ2n) is 6.91. The van der Waals surface area contributed by atoms with Crippen LogP contribution >= 0.6 is 0 Å². The molecule has 28 heavy (non-hydrogen) atoms. The van der Waals surface area contributed by atoms with E-state index in [1.165, 1.54) is 20.8 Å². The minimum atomic E-state index is -3.92. The summed E-state index contributed by atoms with van der Waals surface area (Å²) < 4.78 is 32.3. The molecule has 2 N–H and O–H groups in total. The van der Waals surface area contributed by atoms with Crippen LogP contribution in [-0.2, 0) is 14.8 Å². The Balaban J connectivity index is 2.06. The fraction of sp³-hybridized carbons (Fsp3) is 0.474. The van der Waals surface area contributed by atoms with Gasteiger partial charge in [0.15, 0.2) is 5.76 Å². The predicted octanol–water partition coefficient (Wildman–Crippen LogP) is 2.83. The molecule has 0 spiro atoms. The molecule has 2 rings (SSSR count). The van der Waals surface area contributed by atoms with Gasteiger partial charge in [0.1, 0.15) is 10.6 Å². The van der Waals surface area contributed by atoms with Gasteiger partial charge < -0.3 is 14.7 Å². The first-order valence-electron chi connectivity index (χ1n) is 9.19. The van der Waals surface area contributed by atoms with Gasteiger partial charge in [-0.1, -0.05) is 5.16 Å². The second-order valence-corrected chi connectivity index (χ2v) is 8.56. The summed E-state index contributed by atoms with van der Waals surface area (Å²) in [6, 6.07) is 6.85. The molecule has 0 aliphatic rings. The molecule has 0 fully saturated rings. The Morgan fingerprint density at radius 1 is 1.18 bits per heavy atom. The molecule has 0 aliphatic heterocycles. The van der Waals surface area contributed by atoms with E-state index in [0.717, 1.165) is 12.2 Å². The van der Waals surface area contributed by atoms with Crippen LogP contribution in [0.3, 0.4) is 0 Å². The lowest BCUT2D eigenvalue weighted by Gasteiger charge is -2.27. The van der Waals surface area contributed by atoms with E-state index in [1.54, 1.807) is 12.1 Å². The molecule has 0 radical (unpaired) electrons. The lowest BCUT2D eigenvalue weighted by Crippen LogP contribution is -2.41. The number of nitrogens with one attached hydrogen (secondary N) is 2. The zero-order valence-electron chi connectivity index (χ0n) is 17.1. The van der Waals surface area contributed by atoms with Crippen LogP contribution < -0.4 is 14.9 Å². The maximum Gasteiger partial charge on any atom is 0.246 e. The normalized spacial score (nSPS) is 12.8. The number of hydrogen-bond acceptors (Lipinski definition) is 6. The van der Waals surface area contributed by atoms with E-state index in [1.807, 2.05) is 12.1 Å². The number of hydrogen-bond donors (Lipinski definition) is 2. The third-order valence-corrected chi connectivity index (χ3v) is 6.18. The summed E-state index contributed by atoms with van der Waals surface area (Å²) >= 11 is 0. The third-order valence-electron chi connectivity index (χ3n) is 4.39. The SMILES string of the molecule is CCN(c1ccc(NC(=O)[C@H](C)NS(=O)(=O)c2c(C)noc2C)cc1)C(C)C. The molecule has 0 bridgehead atoms. The summed E-state index contributed by atoms with van der Waals surface area (Å²) in [5, 5.41) is 6.37. The Bertz CT molecular complexity index is 900. The van der Waals surface area contributed by atoms with Crippen molar-refractivity contribution >= 4 is 27.3 Å².